The Labute approximate surface area is 313 Å². The molecular weight excluding hydrogens is 684 g/mol. The molecule has 3 saturated heterocycles. The smallest absolute Gasteiger partial charge is 0.410 e. The highest BCUT2D eigenvalue weighted by atomic mass is 16.6. The molecule has 11 nitrogen and oxygen atoms in total. The number of amides is 2. The molecule has 5 aliphatic rings. The molecule has 274 valence electrons. The highest BCUT2D eigenvalue weighted by molar-refractivity contribution is 6.28. The third kappa shape index (κ3) is 6.29. The van der Waals surface area contributed by atoms with E-state index in [1.165, 1.54) is 43.2 Å². The van der Waals surface area contributed by atoms with Gasteiger partial charge >= 0.3 is 18.4 Å². The van der Waals surface area contributed by atoms with Crippen LogP contribution in [0, 0.1) is 5.92 Å². The Morgan fingerprint density at radius 3 is 1.65 bits per heavy atom. The fourth-order valence-electron chi connectivity index (χ4n) is 8.87. The van der Waals surface area contributed by atoms with Gasteiger partial charge in [0.15, 0.2) is 5.78 Å². The van der Waals surface area contributed by atoms with Gasteiger partial charge in [-0.3, -0.25) is 19.4 Å². The first kappa shape index (κ1) is 35.1. The van der Waals surface area contributed by atoms with Crippen LogP contribution in [0.1, 0.15) is 53.9 Å². The zero-order valence-electron chi connectivity index (χ0n) is 29.9. The number of carbonyl (C=O) groups is 4. The molecule has 3 heterocycles. The minimum atomic E-state index is -0.647. The third-order valence-corrected chi connectivity index (χ3v) is 11.4. The molecule has 4 atom stereocenters. The van der Waals surface area contributed by atoms with Crippen LogP contribution in [0.25, 0.3) is 27.8 Å². The van der Waals surface area contributed by atoms with Crippen molar-refractivity contribution in [1.29, 1.82) is 0 Å². The Hall–Kier alpha value is -5.90. The van der Waals surface area contributed by atoms with Gasteiger partial charge in [0, 0.05) is 24.9 Å². The summed E-state index contributed by atoms with van der Waals surface area (Å²) in [6.07, 6.45) is 1.17. The molecule has 4 aromatic carbocycles. The Balaban J connectivity index is 0.000000153. The van der Waals surface area contributed by atoms with Crippen LogP contribution in [0.15, 0.2) is 97.1 Å². The summed E-state index contributed by atoms with van der Waals surface area (Å²) in [5.74, 6) is -0.419. The number of benzene rings is 4. The number of rotatable bonds is 6. The maximum atomic E-state index is 12.7. The number of fused-ring (bicyclic) bond motifs is 7. The lowest BCUT2D eigenvalue weighted by molar-refractivity contribution is -0.121. The summed E-state index contributed by atoms with van der Waals surface area (Å²) in [6, 6.07) is 31.7. The van der Waals surface area contributed by atoms with E-state index in [0.29, 0.717) is 25.9 Å². The normalized spacial score (nSPS) is 21.9. The predicted molar refractivity (Wildman–Crippen MR) is 199 cm³/mol. The number of ether oxygens (including phenoxy) is 3. The quantitative estimate of drug-likeness (QED) is 0.126. The molecule has 2 aliphatic carbocycles. The van der Waals surface area contributed by atoms with E-state index < -0.39 is 24.3 Å². The molecule has 2 amide bonds. The van der Waals surface area contributed by atoms with E-state index >= 15 is 0 Å². The minimum absolute atomic E-state index is 0.00835. The SMILES string of the molecule is C[C@@H]1CCN(C(=O)OCC2c3ccccc3-c3ccccc32)[C@@H]1C(=O)C=[N+]=[N-].O=C1CO[C@@H]2CCN(C(=O)OCC3c4ccccc4-c4ccccc43)[C@H]12. The van der Waals surface area contributed by atoms with Crippen LogP contribution in [-0.2, 0) is 23.8 Å². The van der Waals surface area contributed by atoms with Gasteiger partial charge in [0.2, 0.25) is 0 Å². The minimum Gasteiger partial charge on any atom is -0.448 e. The zero-order valence-corrected chi connectivity index (χ0v) is 29.9. The van der Waals surface area contributed by atoms with Crippen LogP contribution >= 0.6 is 0 Å². The Morgan fingerprint density at radius 2 is 1.17 bits per heavy atom. The summed E-state index contributed by atoms with van der Waals surface area (Å²) in [4.78, 5) is 55.3. The lowest BCUT2D eigenvalue weighted by Gasteiger charge is -2.24. The van der Waals surface area contributed by atoms with Gasteiger partial charge in [0.25, 0.3) is 5.78 Å². The number of Topliss-reactive ketones (excluding diaryl/α,β-unsaturated/α-hetero) is 2. The number of carbonyl (C=O) groups excluding carboxylic acids is 4. The highest BCUT2D eigenvalue weighted by Crippen LogP contribution is 2.46. The van der Waals surface area contributed by atoms with E-state index in [4.69, 9.17) is 19.7 Å². The van der Waals surface area contributed by atoms with Crippen LogP contribution in [0.5, 0.6) is 0 Å². The molecule has 0 radical (unpaired) electrons. The van der Waals surface area contributed by atoms with Crippen molar-refractivity contribution in [3.63, 3.8) is 0 Å². The van der Waals surface area contributed by atoms with Crippen LogP contribution in [0.4, 0.5) is 9.59 Å². The predicted octanol–water partition coefficient (Wildman–Crippen LogP) is 6.49. The summed E-state index contributed by atoms with van der Waals surface area (Å²) < 4.78 is 16.8. The van der Waals surface area contributed by atoms with E-state index in [-0.39, 0.29) is 55.2 Å². The molecule has 0 N–H and O–H groups in total. The molecule has 0 saturated carbocycles. The topological polar surface area (TPSA) is 139 Å². The van der Waals surface area contributed by atoms with Crippen molar-refractivity contribution >= 4 is 30.0 Å². The number of ketones is 2. The second-order valence-electron chi connectivity index (χ2n) is 14.4. The van der Waals surface area contributed by atoms with Crippen molar-refractivity contribution in [2.24, 2.45) is 5.92 Å². The maximum absolute atomic E-state index is 12.7. The first-order valence-electron chi connectivity index (χ1n) is 18.4. The van der Waals surface area contributed by atoms with Gasteiger partial charge in [-0.05, 0) is 63.3 Å². The Morgan fingerprint density at radius 1 is 0.722 bits per heavy atom. The van der Waals surface area contributed by atoms with E-state index in [1.807, 2.05) is 55.5 Å². The Kier molecular flexibility index (Phi) is 9.67. The van der Waals surface area contributed by atoms with Gasteiger partial charge in [-0.2, -0.15) is 4.79 Å². The van der Waals surface area contributed by atoms with Gasteiger partial charge < -0.3 is 19.7 Å². The fourth-order valence-corrected chi connectivity index (χ4v) is 8.87. The third-order valence-electron chi connectivity index (χ3n) is 11.4. The molecule has 3 aliphatic heterocycles. The van der Waals surface area contributed by atoms with Crippen LogP contribution < -0.4 is 0 Å². The largest absolute Gasteiger partial charge is 0.448 e. The summed E-state index contributed by atoms with van der Waals surface area (Å²) in [5.41, 5.74) is 18.0. The average Bonchev–Trinajstić information content (AvgIpc) is 4.01. The van der Waals surface area contributed by atoms with E-state index in [0.717, 1.165) is 17.3 Å². The summed E-state index contributed by atoms with van der Waals surface area (Å²) >= 11 is 0. The fraction of sp³-hybridized carbons (Fsp3) is 0.326. The number of hydrogen-bond acceptors (Lipinski definition) is 7. The summed E-state index contributed by atoms with van der Waals surface area (Å²) in [6.45, 7) is 3.46. The monoisotopic (exact) mass is 724 g/mol. The van der Waals surface area contributed by atoms with Gasteiger partial charge in [0.1, 0.15) is 31.9 Å². The van der Waals surface area contributed by atoms with Crippen molar-refractivity contribution in [3.05, 3.63) is 125 Å². The van der Waals surface area contributed by atoms with Crippen molar-refractivity contribution in [2.75, 3.05) is 32.9 Å². The van der Waals surface area contributed by atoms with Crippen molar-refractivity contribution in [3.8, 4) is 22.3 Å². The highest BCUT2D eigenvalue weighted by Gasteiger charge is 2.48. The van der Waals surface area contributed by atoms with E-state index in [2.05, 4.69) is 53.3 Å². The van der Waals surface area contributed by atoms with Gasteiger partial charge in [0.05, 0.1) is 6.10 Å². The first-order chi connectivity index (χ1) is 26.4. The molecular formula is C43H40N4O7. The zero-order chi connectivity index (χ0) is 37.3. The van der Waals surface area contributed by atoms with Gasteiger partial charge in [-0.25, -0.2) is 9.59 Å². The standard InChI is InChI=1S/C22H21N3O3.C21H19NO4/c1-14-10-11-25(21(14)20(26)12-24-23)22(27)28-13-19-17-8-4-2-6-15(17)16-7-3-5-9-18(16)19;23-18-12-25-19-9-10-22(20(18)19)21(24)26-11-17-15-7-3-1-5-13(15)14-6-2-4-8-16(14)17/h2-9,12,14,19,21H,10-11,13H2,1H3;1-8,17,19-20H,9-12H2/t14-,21+;19-,20-/m11/s1. The van der Waals surface area contributed by atoms with Crippen LogP contribution in [-0.4, -0.2) is 95.7 Å². The second kappa shape index (κ2) is 14.9. The Bertz CT molecular complexity index is 2090. The molecule has 4 aromatic rings. The van der Waals surface area contributed by atoms with Crippen molar-refractivity contribution in [1.82, 2.24) is 9.80 Å². The van der Waals surface area contributed by atoms with Crippen LogP contribution in [0.2, 0.25) is 0 Å². The number of likely N-dealkylation sites (tertiary alicyclic amines) is 2. The second-order valence-corrected chi connectivity index (χ2v) is 14.4. The molecule has 9 rings (SSSR count). The first-order valence-corrected chi connectivity index (χ1v) is 18.4. The maximum Gasteiger partial charge on any atom is 0.410 e. The number of hydrogen-bond donors (Lipinski definition) is 0. The van der Waals surface area contributed by atoms with Gasteiger partial charge in [-0.15, -0.1) is 0 Å². The molecule has 11 heteroatoms. The lowest BCUT2D eigenvalue weighted by Crippen LogP contribution is -2.44. The summed E-state index contributed by atoms with van der Waals surface area (Å²) in [7, 11) is 0. The summed E-state index contributed by atoms with van der Waals surface area (Å²) in [5, 5.41) is 0. The van der Waals surface area contributed by atoms with Crippen LogP contribution in [0.3, 0.4) is 0 Å². The molecule has 0 aromatic heterocycles. The van der Waals surface area contributed by atoms with Crippen molar-refractivity contribution < 1.29 is 38.2 Å². The molecule has 0 bridgehead atoms. The molecule has 0 unspecified atom stereocenters. The molecule has 3 fully saturated rings. The average molecular weight is 725 g/mol. The number of nitrogens with zero attached hydrogens (tertiary/aromatic N) is 4. The van der Waals surface area contributed by atoms with E-state index in [1.54, 1.807) is 0 Å². The lowest BCUT2D eigenvalue weighted by atomic mass is 9.98. The van der Waals surface area contributed by atoms with Crippen molar-refractivity contribution in [2.45, 2.75) is 49.8 Å². The molecule has 0 spiro atoms. The molecule has 54 heavy (non-hydrogen) atoms. The van der Waals surface area contributed by atoms with Gasteiger partial charge in [-0.1, -0.05) is 104 Å². The van der Waals surface area contributed by atoms with E-state index in [9.17, 15) is 19.2 Å².